The molecule has 10 nitrogen and oxygen atoms in total. The zero-order valence-electron chi connectivity index (χ0n) is 18.8. The Morgan fingerprint density at radius 3 is 2.24 bits per heavy atom. The van der Waals surface area contributed by atoms with Crippen molar-refractivity contribution in [2.75, 3.05) is 67.8 Å². The van der Waals surface area contributed by atoms with Gasteiger partial charge in [0.2, 0.25) is 17.8 Å². The summed E-state index contributed by atoms with van der Waals surface area (Å²) in [5.41, 5.74) is 5.07. The van der Waals surface area contributed by atoms with Gasteiger partial charge in [-0.05, 0) is 29.8 Å². The molecule has 178 valence electrons. The number of halogens is 1. The average Bonchev–Trinajstić information content (AvgIpc) is 3.31. The fourth-order valence-corrected chi connectivity index (χ4v) is 4.10. The first kappa shape index (κ1) is 22.6. The number of anilines is 3. The van der Waals surface area contributed by atoms with Crippen molar-refractivity contribution in [2.24, 2.45) is 5.10 Å². The van der Waals surface area contributed by atoms with Crippen molar-refractivity contribution in [3.05, 3.63) is 58.9 Å². The minimum Gasteiger partial charge on any atom is -0.378 e. The number of hydrogen-bond acceptors (Lipinski definition) is 9. The topological polar surface area (TPSA) is 92.9 Å². The van der Waals surface area contributed by atoms with Crippen LogP contribution in [0.4, 0.5) is 17.8 Å². The molecule has 0 atom stereocenters. The van der Waals surface area contributed by atoms with E-state index in [0.717, 1.165) is 42.5 Å². The second-order valence-electron chi connectivity index (χ2n) is 8.02. The highest BCUT2D eigenvalue weighted by Gasteiger charge is 2.20. The van der Waals surface area contributed by atoms with E-state index in [1.807, 2.05) is 36.5 Å². The molecule has 2 aliphatic rings. The van der Waals surface area contributed by atoms with Gasteiger partial charge in [-0.25, -0.2) is 5.43 Å². The average molecular weight is 483 g/mol. The summed E-state index contributed by atoms with van der Waals surface area (Å²) < 4.78 is 13.1. The molecule has 3 aromatic rings. The van der Waals surface area contributed by atoms with Crippen molar-refractivity contribution in [3.8, 4) is 0 Å². The smallest absolute Gasteiger partial charge is 0.250 e. The molecule has 34 heavy (non-hydrogen) atoms. The Morgan fingerprint density at radius 2 is 1.59 bits per heavy atom. The van der Waals surface area contributed by atoms with Gasteiger partial charge in [-0.2, -0.15) is 20.1 Å². The molecular weight excluding hydrogens is 456 g/mol. The van der Waals surface area contributed by atoms with Gasteiger partial charge < -0.3 is 23.8 Å². The van der Waals surface area contributed by atoms with Crippen LogP contribution in [0.15, 0.2) is 47.7 Å². The molecule has 2 aromatic heterocycles. The van der Waals surface area contributed by atoms with Gasteiger partial charge >= 0.3 is 0 Å². The van der Waals surface area contributed by atoms with Gasteiger partial charge in [-0.3, -0.25) is 0 Å². The van der Waals surface area contributed by atoms with Gasteiger partial charge in [0.25, 0.3) is 0 Å². The number of benzene rings is 1. The number of hydrogen-bond donors (Lipinski definition) is 1. The molecular formula is C23H27ClN8O2. The summed E-state index contributed by atoms with van der Waals surface area (Å²) in [5, 5.41) is 5.14. The predicted octanol–water partition coefficient (Wildman–Crippen LogP) is 2.49. The lowest BCUT2D eigenvalue weighted by atomic mass is 10.2. The first-order chi connectivity index (χ1) is 16.7. The number of morpholine rings is 2. The lowest BCUT2D eigenvalue weighted by Gasteiger charge is -2.30. The number of nitrogens with zero attached hydrogens (tertiary/aromatic N) is 7. The van der Waals surface area contributed by atoms with Crippen LogP contribution >= 0.6 is 11.6 Å². The molecule has 11 heteroatoms. The monoisotopic (exact) mass is 482 g/mol. The van der Waals surface area contributed by atoms with Gasteiger partial charge in [0.15, 0.2) is 0 Å². The first-order valence-corrected chi connectivity index (χ1v) is 11.7. The standard InChI is InChI=1S/C23H27ClN8O2/c24-19-4-1-3-18(15-19)17-32-6-2-5-20(32)16-25-29-21-26-22(30-7-11-33-12-8-30)28-23(27-21)31-9-13-34-14-10-31/h1-6,15-16H,7-14,17H2,(H,26,27,28,29)/b25-16+. The van der Waals surface area contributed by atoms with Crippen LogP contribution in [0.25, 0.3) is 0 Å². The van der Waals surface area contributed by atoms with Crippen LogP contribution in [0, 0.1) is 0 Å². The van der Waals surface area contributed by atoms with Crippen LogP contribution in [-0.2, 0) is 16.0 Å². The highest BCUT2D eigenvalue weighted by molar-refractivity contribution is 6.30. The zero-order valence-corrected chi connectivity index (χ0v) is 19.6. The zero-order chi connectivity index (χ0) is 23.2. The number of aromatic nitrogens is 4. The quantitative estimate of drug-likeness (QED) is 0.405. The normalized spacial score (nSPS) is 16.9. The van der Waals surface area contributed by atoms with Crippen molar-refractivity contribution in [1.82, 2.24) is 19.5 Å². The number of hydrazone groups is 1. The lowest BCUT2D eigenvalue weighted by molar-refractivity contribution is 0.121. The van der Waals surface area contributed by atoms with E-state index in [2.05, 4.69) is 40.9 Å². The van der Waals surface area contributed by atoms with Crippen LogP contribution < -0.4 is 15.2 Å². The molecule has 0 amide bonds. The maximum atomic E-state index is 6.13. The van der Waals surface area contributed by atoms with E-state index in [1.165, 1.54) is 0 Å². The molecule has 0 bridgehead atoms. The van der Waals surface area contributed by atoms with Crippen LogP contribution in [0.5, 0.6) is 0 Å². The Kier molecular flexibility index (Phi) is 7.18. The van der Waals surface area contributed by atoms with Gasteiger partial charge in [0.1, 0.15) is 0 Å². The van der Waals surface area contributed by atoms with Gasteiger partial charge in [-0.1, -0.05) is 23.7 Å². The second-order valence-corrected chi connectivity index (χ2v) is 8.46. The molecule has 1 N–H and O–H groups in total. The summed E-state index contributed by atoms with van der Waals surface area (Å²) in [6.45, 7) is 6.29. The molecule has 0 radical (unpaired) electrons. The van der Waals surface area contributed by atoms with Gasteiger partial charge in [-0.15, -0.1) is 0 Å². The summed E-state index contributed by atoms with van der Waals surface area (Å²) in [4.78, 5) is 18.2. The Hall–Kier alpha value is -3.21. The maximum absolute atomic E-state index is 6.13. The molecule has 0 aliphatic carbocycles. The maximum Gasteiger partial charge on any atom is 0.250 e. The first-order valence-electron chi connectivity index (χ1n) is 11.3. The Labute approximate surface area is 203 Å². The summed E-state index contributed by atoms with van der Waals surface area (Å²) in [6.07, 6.45) is 3.77. The molecule has 0 saturated carbocycles. The van der Waals surface area contributed by atoms with E-state index in [4.69, 9.17) is 26.1 Å². The lowest BCUT2D eigenvalue weighted by Crippen LogP contribution is -2.40. The molecule has 2 aliphatic heterocycles. The molecule has 5 rings (SSSR count). The summed E-state index contributed by atoms with van der Waals surface area (Å²) >= 11 is 6.13. The number of nitrogens with one attached hydrogen (secondary N) is 1. The van der Waals surface area contributed by atoms with Crippen molar-refractivity contribution in [1.29, 1.82) is 0 Å². The summed E-state index contributed by atoms with van der Waals surface area (Å²) in [5.74, 6) is 1.66. The van der Waals surface area contributed by atoms with Crippen LogP contribution in [0.3, 0.4) is 0 Å². The minimum atomic E-state index is 0.405. The van der Waals surface area contributed by atoms with E-state index in [1.54, 1.807) is 6.21 Å². The molecule has 0 unspecified atom stereocenters. The third-order valence-electron chi connectivity index (χ3n) is 5.67. The SMILES string of the molecule is Clc1cccc(Cn2cccc2/C=N/Nc2nc(N3CCOCC3)nc(N3CCOCC3)n2)c1. The molecule has 1 aromatic carbocycles. The van der Waals surface area contributed by atoms with E-state index in [-0.39, 0.29) is 0 Å². The van der Waals surface area contributed by atoms with Crippen molar-refractivity contribution in [2.45, 2.75) is 6.54 Å². The third kappa shape index (κ3) is 5.64. The number of ether oxygens (including phenoxy) is 2. The Balaban J connectivity index is 1.33. The summed E-state index contributed by atoms with van der Waals surface area (Å²) in [7, 11) is 0. The van der Waals surface area contributed by atoms with Crippen LogP contribution in [0.1, 0.15) is 11.3 Å². The van der Waals surface area contributed by atoms with E-state index < -0.39 is 0 Å². The van der Waals surface area contributed by atoms with Crippen LogP contribution in [-0.4, -0.2) is 78.3 Å². The fourth-order valence-electron chi connectivity index (χ4n) is 3.89. The van der Waals surface area contributed by atoms with Crippen molar-refractivity contribution < 1.29 is 9.47 Å². The largest absolute Gasteiger partial charge is 0.378 e. The van der Waals surface area contributed by atoms with Crippen LogP contribution in [0.2, 0.25) is 5.02 Å². The second kappa shape index (κ2) is 10.8. The van der Waals surface area contributed by atoms with E-state index >= 15 is 0 Å². The molecule has 2 fully saturated rings. The Morgan fingerprint density at radius 1 is 0.912 bits per heavy atom. The van der Waals surface area contributed by atoms with Crippen molar-refractivity contribution in [3.63, 3.8) is 0 Å². The van der Waals surface area contributed by atoms with Gasteiger partial charge in [0.05, 0.1) is 38.3 Å². The molecule has 4 heterocycles. The minimum absolute atomic E-state index is 0.405. The predicted molar refractivity (Wildman–Crippen MR) is 132 cm³/mol. The van der Waals surface area contributed by atoms with E-state index in [9.17, 15) is 0 Å². The Bertz CT molecular complexity index is 1090. The van der Waals surface area contributed by atoms with E-state index in [0.29, 0.717) is 50.8 Å². The molecule has 2 saturated heterocycles. The third-order valence-corrected chi connectivity index (χ3v) is 5.90. The number of rotatable bonds is 7. The summed E-state index contributed by atoms with van der Waals surface area (Å²) in [6, 6.07) is 11.8. The van der Waals surface area contributed by atoms with Crippen molar-refractivity contribution >= 4 is 35.7 Å². The highest BCUT2D eigenvalue weighted by Crippen LogP contribution is 2.19. The molecule has 0 spiro atoms. The van der Waals surface area contributed by atoms with Gasteiger partial charge in [0, 0.05) is 43.9 Å². The highest BCUT2D eigenvalue weighted by atomic mass is 35.5. The fraction of sp³-hybridized carbons (Fsp3) is 0.391.